The molecule has 2 aromatic rings. The summed E-state index contributed by atoms with van der Waals surface area (Å²) < 4.78 is 0. The van der Waals surface area contributed by atoms with Crippen LogP contribution >= 0.6 is 0 Å². The van der Waals surface area contributed by atoms with Crippen LogP contribution in [0, 0.1) is 0 Å². The van der Waals surface area contributed by atoms with E-state index in [1.807, 2.05) is 0 Å². The van der Waals surface area contributed by atoms with Crippen molar-refractivity contribution < 1.29 is 5.11 Å². The molecule has 0 saturated carbocycles. The molecule has 0 radical (unpaired) electrons. The molecule has 0 amide bonds. The van der Waals surface area contributed by atoms with Gasteiger partial charge in [-0.15, -0.1) is 0 Å². The molecule has 2 rings (SSSR count). The van der Waals surface area contributed by atoms with Gasteiger partial charge < -0.3 is 5.11 Å². The minimum absolute atomic E-state index is 0.0149. The first-order valence-electron chi connectivity index (χ1n) is 15.4. The number of aromatic hydroxyl groups is 1. The molecular formula is C36H58O. The van der Waals surface area contributed by atoms with E-state index >= 15 is 0 Å². The van der Waals surface area contributed by atoms with Crippen LogP contribution in [0.15, 0.2) is 30.3 Å². The van der Waals surface area contributed by atoms with Gasteiger partial charge in [0.1, 0.15) is 5.75 Å². The zero-order valence-electron chi connectivity index (χ0n) is 26.1. The second-order valence-corrected chi connectivity index (χ2v) is 13.5. The summed E-state index contributed by atoms with van der Waals surface area (Å²) in [5.74, 6) is 1.59. The number of hydrogen-bond donors (Lipinski definition) is 1. The molecular weight excluding hydrogens is 448 g/mol. The van der Waals surface area contributed by atoms with E-state index in [2.05, 4.69) is 99.6 Å². The highest BCUT2D eigenvalue weighted by Gasteiger charge is 2.29. The number of phenolic OH excluding ortho intramolecular Hbond substituents is 1. The molecule has 0 bridgehead atoms. The summed E-state index contributed by atoms with van der Waals surface area (Å²) in [6.07, 6.45) is 12.3. The van der Waals surface area contributed by atoms with Gasteiger partial charge in [-0.3, -0.25) is 0 Å². The molecule has 2 atom stereocenters. The predicted molar refractivity (Wildman–Crippen MR) is 165 cm³/mol. The summed E-state index contributed by atoms with van der Waals surface area (Å²) in [6, 6.07) is 11.7. The van der Waals surface area contributed by atoms with Crippen molar-refractivity contribution in [2.24, 2.45) is 0 Å². The van der Waals surface area contributed by atoms with Gasteiger partial charge in [0, 0.05) is 5.56 Å². The van der Waals surface area contributed by atoms with Crippen molar-refractivity contribution in [3.05, 3.63) is 52.6 Å². The second-order valence-electron chi connectivity index (χ2n) is 13.5. The van der Waals surface area contributed by atoms with Gasteiger partial charge in [-0.25, -0.2) is 0 Å². The summed E-state index contributed by atoms with van der Waals surface area (Å²) in [5, 5.41) is 11.7. The highest BCUT2D eigenvalue weighted by Crippen LogP contribution is 2.46. The van der Waals surface area contributed by atoms with Crippen molar-refractivity contribution in [1.29, 1.82) is 0 Å². The van der Waals surface area contributed by atoms with Crippen molar-refractivity contribution >= 4 is 0 Å². The number of hydrogen-bond acceptors (Lipinski definition) is 1. The van der Waals surface area contributed by atoms with Gasteiger partial charge in [-0.05, 0) is 82.2 Å². The van der Waals surface area contributed by atoms with Crippen LogP contribution in [0.2, 0.25) is 0 Å². The van der Waals surface area contributed by atoms with Crippen LogP contribution in [-0.2, 0) is 10.8 Å². The molecule has 0 saturated heterocycles. The molecule has 0 fully saturated rings. The summed E-state index contributed by atoms with van der Waals surface area (Å²) in [6.45, 7) is 23.0. The molecule has 0 aliphatic heterocycles. The molecule has 2 unspecified atom stereocenters. The van der Waals surface area contributed by atoms with Crippen molar-refractivity contribution in [3.63, 3.8) is 0 Å². The summed E-state index contributed by atoms with van der Waals surface area (Å²) in [7, 11) is 0. The molecule has 0 aliphatic rings. The fourth-order valence-corrected chi connectivity index (χ4v) is 5.97. The lowest BCUT2D eigenvalue weighted by atomic mass is 9.74. The van der Waals surface area contributed by atoms with Crippen molar-refractivity contribution in [2.45, 2.75) is 156 Å². The van der Waals surface area contributed by atoms with Crippen LogP contribution < -0.4 is 0 Å². The minimum Gasteiger partial charge on any atom is -0.507 e. The van der Waals surface area contributed by atoms with Crippen LogP contribution in [0.4, 0.5) is 0 Å². The van der Waals surface area contributed by atoms with Gasteiger partial charge in [-0.2, -0.15) is 0 Å². The topological polar surface area (TPSA) is 20.2 Å². The monoisotopic (exact) mass is 506 g/mol. The van der Waals surface area contributed by atoms with Gasteiger partial charge in [0.15, 0.2) is 0 Å². The lowest BCUT2D eigenvalue weighted by Crippen LogP contribution is -2.18. The van der Waals surface area contributed by atoms with E-state index in [-0.39, 0.29) is 10.8 Å². The first-order valence-corrected chi connectivity index (χ1v) is 15.4. The highest BCUT2D eigenvalue weighted by molar-refractivity contribution is 5.79. The van der Waals surface area contributed by atoms with Crippen LogP contribution in [0.25, 0.3) is 11.1 Å². The van der Waals surface area contributed by atoms with E-state index in [4.69, 9.17) is 0 Å². The van der Waals surface area contributed by atoms with E-state index in [1.54, 1.807) is 0 Å². The molecule has 0 aromatic heterocycles. The van der Waals surface area contributed by atoms with E-state index in [0.717, 1.165) is 5.56 Å². The minimum atomic E-state index is -0.0654. The Hall–Kier alpha value is -1.76. The Bertz CT molecular complexity index is 969. The van der Waals surface area contributed by atoms with Gasteiger partial charge in [0.05, 0.1) is 0 Å². The molecule has 37 heavy (non-hydrogen) atoms. The van der Waals surface area contributed by atoms with Crippen molar-refractivity contribution in [2.75, 3.05) is 0 Å². The summed E-state index contributed by atoms with van der Waals surface area (Å²) in [5.41, 5.74) is 7.58. The third-order valence-corrected chi connectivity index (χ3v) is 8.10. The van der Waals surface area contributed by atoms with Gasteiger partial charge in [0.25, 0.3) is 0 Å². The molecule has 0 aliphatic carbocycles. The Morgan fingerprint density at radius 1 is 0.595 bits per heavy atom. The maximum absolute atomic E-state index is 11.7. The van der Waals surface area contributed by atoms with Crippen molar-refractivity contribution in [3.8, 4) is 16.9 Å². The highest BCUT2D eigenvalue weighted by atomic mass is 16.3. The maximum Gasteiger partial charge on any atom is 0.123 e. The first-order chi connectivity index (χ1) is 17.4. The number of rotatable bonds is 13. The lowest BCUT2D eigenvalue weighted by Gasteiger charge is -2.31. The maximum atomic E-state index is 11.7. The third-order valence-electron chi connectivity index (χ3n) is 8.10. The molecule has 208 valence electrons. The largest absolute Gasteiger partial charge is 0.507 e. The standard InChI is InChI=1S/C36H58O/c1-11-15-19-26(17-13-3)28-21-22-30(31(23-28)35(5,6)7)34-32(36(8,9)10)24-29(25-33(34)37)27(18-14-4)20-16-12-2/h21-27,37H,11-20H2,1-10H3. The quantitative estimate of drug-likeness (QED) is 0.286. The Morgan fingerprint density at radius 2 is 1.08 bits per heavy atom. The van der Waals surface area contributed by atoms with Gasteiger partial charge >= 0.3 is 0 Å². The average molecular weight is 507 g/mol. The Morgan fingerprint density at radius 3 is 1.54 bits per heavy atom. The second kappa shape index (κ2) is 13.9. The number of benzene rings is 2. The van der Waals surface area contributed by atoms with Crippen molar-refractivity contribution in [1.82, 2.24) is 0 Å². The van der Waals surface area contributed by atoms with Gasteiger partial charge in [0.2, 0.25) is 0 Å². The molecule has 1 N–H and O–H groups in total. The van der Waals surface area contributed by atoms with Crippen LogP contribution in [0.5, 0.6) is 5.75 Å². The fraction of sp³-hybridized carbons (Fsp3) is 0.667. The van der Waals surface area contributed by atoms with Crippen LogP contribution in [-0.4, -0.2) is 5.11 Å². The molecule has 1 heteroatoms. The SMILES string of the molecule is CCCCC(CCC)c1ccc(-c2c(O)cc(C(CCC)CCCC)cc2C(C)(C)C)c(C(C)(C)C)c1. The zero-order chi connectivity index (χ0) is 27.8. The fourth-order valence-electron chi connectivity index (χ4n) is 5.97. The summed E-state index contributed by atoms with van der Waals surface area (Å²) in [4.78, 5) is 0. The first kappa shape index (κ1) is 31.5. The van der Waals surface area contributed by atoms with E-state index in [1.165, 1.54) is 92.0 Å². The number of unbranched alkanes of at least 4 members (excludes halogenated alkanes) is 2. The lowest BCUT2D eigenvalue weighted by molar-refractivity contribution is 0.468. The Labute approximate surface area is 230 Å². The Balaban J connectivity index is 2.76. The summed E-state index contributed by atoms with van der Waals surface area (Å²) >= 11 is 0. The smallest absolute Gasteiger partial charge is 0.123 e. The third kappa shape index (κ3) is 8.36. The van der Waals surface area contributed by atoms with E-state index < -0.39 is 0 Å². The molecule has 0 heterocycles. The predicted octanol–water partition coefficient (Wildman–Crippen LogP) is 11.8. The van der Waals surface area contributed by atoms with E-state index in [9.17, 15) is 5.11 Å². The van der Waals surface area contributed by atoms with Gasteiger partial charge in [-0.1, -0.05) is 132 Å². The molecule has 0 spiro atoms. The Kier molecular flexibility index (Phi) is 11.8. The van der Waals surface area contributed by atoms with Crippen LogP contribution in [0.3, 0.4) is 0 Å². The molecule has 1 nitrogen and oxygen atoms in total. The van der Waals surface area contributed by atoms with Crippen LogP contribution in [0.1, 0.15) is 168 Å². The molecule has 2 aromatic carbocycles. The number of phenols is 1. The average Bonchev–Trinajstić information content (AvgIpc) is 2.82. The zero-order valence-corrected chi connectivity index (χ0v) is 26.1. The van der Waals surface area contributed by atoms with E-state index in [0.29, 0.717) is 17.6 Å². The normalized spacial score (nSPS) is 14.1.